The summed E-state index contributed by atoms with van der Waals surface area (Å²) < 4.78 is 26.5. The molecule has 19 heavy (non-hydrogen) atoms. The molecule has 0 aliphatic heterocycles. The number of sulfone groups is 1. The molecule has 1 atom stereocenters. The lowest BCUT2D eigenvalue weighted by Crippen LogP contribution is -2.58. The van der Waals surface area contributed by atoms with Crippen LogP contribution < -0.4 is 5.32 Å². The molecule has 0 fully saturated rings. The fourth-order valence-electron chi connectivity index (χ4n) is 1.17. The first-order valence-corrected chi connectivity index (χ1v) is 7.49. The van der Waals surface area contributed by atoms with Crippen LogP contribution in [0.2, 0.25) is 0 Å². The first-order valence-electron chi connectivity index (χ1n) is 5.60. The largest absolute Gasteiger partial charge is 0.480 e. The second-order valence-electron chi connectivity index (χ2n) is 5.79. The fourth-order valence-corrected chi connectivity index (χ4v) is 1.76. The number of amides is 1. The van der Waals surface area contributed by atoms with Crippen molar-refractivity contribution in [2.75, 3.05) is 6.26 Å². The van der Waals surface area contributed by atoms with Crippen LogP contribution in [0.4, 0.5) is 4.79 Å². The van der Waals surface area contributed by atoms with Crippen molar-refractivity contribution >= 4 is 21.9 Å². The number of carboxylic acids is 1. The molecule has 0 rings (SSSR count). The third-order valence-electron chi connectivity index (χ3n) is 2.56. The van der Waals surface area contributed by atoms with Gasteiger partial charge < -0.3 is 15.2 Å². The number of nitrogens with one attached hydrogen (secondary N) is 1. The van der Waals surface area contributed by atoms with E-state index in [0.717, 1.165) is 6.26 Å². The minimum atomic E-state index is -3.69. The third kappa shape index (κ3) is 5.06. The molecule has 1 amide bonds. The summed E-state index contributed by atoms with van der Waals surface area (Å²) in [6, 6.07) is -1.60. The van der Waals surface area contributed by atoms with Crippen molar-refractivity contribution in [3.63, 3.8) is 0 Å². The average Bonchev–Trinajstić information content (AvgIpc) is 2.08. The van der Waals surface area contributed by atoms with Crippen LogP contribution in [0.15, 0.2) is 0 Å². The Morgan fingerprint density at radius 3 is 1.84 bits per heavy atom. The van der Waals surface area contributed by atoms with Crippen molar-refractivity contribution in [3.8, 4) is 0 Å². The van der Waals surface area contributed by atoms with Gasteiger partial charge in [0, 0.05) is 6.26 Å². The van der Waals surface area contributed by atoms with Crippen molar-refractivity contribution in [2.24, 2.45) is 0 Å². The monoisotopic (exact) mass is 295 g/mol. The highest BCUT2D eigenvalue weighted by molar-refractivity contribution is 7.92. The van der Waals surface area contributed by atoms with E-state index in [2.05, 4.69) is 5.32 Å². The van der Waals surface area contributed by atoms with Crippen LogP contribution in [0, 0.1) is 0 Å². The number of hydrogen-bond donors (Lipinski definition) is 2. The molecule has 0 heterocycles. The summed E-state index contributed by atoms with van der Waals surface area (Å²) in [5.41, 5.74) is -0.803. The molecule has 0 aliphatic rings. The van der Waals surface area contributed by atoms with E-state index in [1.807, 2.05) is 0 Å². The lowest BCUT2D eigenvalue weighted by Gasteiger charge is -2.30. The Labute approximate surface area is 113 Å². The Kier molecular flexibility index (Phi) is 4.99. The molecule has 2 N–H and O–H groups in total. The van der Waals surface area contributed by atoms with Gasteiger partial charge >= 0.3 is 12.1 Å². The molecule has 112 valence electrons. The third-order valence-corrected chi connectivity index (χ3v) is 4.71. The molecule has 0 aromatic rings. The maximum absolute atomic E-state index is 11.6. The maximum Gasteiger partial charge on any atom is 0.408 e. The van der Waals surface area contributed by atoms with E-state index < -0.39 is 38.3 Å². The molecular formula is C11H21NO6S. The van der Waals surface area contributed by atoms with Crippen LogP contribution in [0.5, 0.6) is 0 Å². The molecule has 0 aliphatic carbocycles. The smallest absolute Gasteiger partial charge is 0.408 e. The zero-order chi connectivity index (χ0) is 15.6. The zero-order valence-electron chi connectivity index (χ0n) is 12.0. The van der Waals surface area contributed by atoms with E-state index >= 15 is 0 Å². The lowest BCUT2D eigenvalue weighted by atomic mass is 10.0. The van der Waals surface area contributed by atoms with E-state index in [-0.39, 0.29) is 0 Å². The predicted molar refractivity (Wildman–Crippen MR) is 69.7 cm³/mol. The number of alkyl carbamates (subject to hydrolysis) is 1. The molecule has 8 heteroatoms. The number of hydrogen-bond acceptors (Lipinski definition) is 5. The molecule has 0 saturated carbocycles. The highest BCUT2D eigenvalue weighted by Gasteiger charge is 2.45. The van der Waals surface area contributed by atoms with Gasteiger partial charge in [0.15, 0.2) is 9.84 Å². The van der Waals surface area contributed by atoms with Crippen molar-refractivity contribution in [1.29, 1.82) is 0 Å². The van der Waals surface area contributed by atoms with Gasteiger partial charge in [-0.1, -0.05) is 0 Å². The van der Waals surface area contributed by atoms with Gasteiger partial charge in [-0.15, -0.1) is 0 Å². The minimum absolute atomic E-state index is 0.803. The summed E-state index contributed by atoms with van der Waals surface area (Å²) >= 11 is 0. The second kappa shape index (κ2) is 5.36. The molecule has 0 aromatic carbocycles. The Bertz CT molecular complexity index is 460. The van der Waals surface area contributed by atoms with Gasteiger partial charge in [0.25, 0.3) is 0 Å². The maximum atomic E-state index is 11.6. The van der Waals surface area contributed by atoms with Crippen molar-refractivity contribution < 1.29 is 27.9 Å². The topological polar surface area (TPSA) is 110 Å². The first kappa shape index (κ1) is 17.7. The highest BCUT2D eigenvalue weighted by Crippen LogP contribution is 2.21. The van der Waals surface area contributed by atoms with Crippen LogP contribution >= 0.6 is 0 Å². The van der Waals surface area contributed by atoms with Gasteiger partial charge in [-0.3, -0.25) is 0 Å². The van der Waals surface area contributed by atoms with Gasteiger partial charge in [-0.05, 0) is 34.6 Å². The number of aliphatic carboxylic acids is 1. The van der Waals surface area contributed by atoms with Crippen molar-refractivity contribution in [3.05, 3.63) is 0 Å². The van der Waals surface area contributed by atoms with Gasteiger partial charge in [0.2, 0.25) is 0 Å². The van der Waals surface area contributed by atoms with Crippen LogP contribution in [0.3, 0.4) is 0 Å². The number of carbonyl (C=O) groups excluding carboxylic acids is 1. The molecule has 0 spiro atoms. The summed E-state index contributed by atoms with van der Waals surface area (Å²) in [4.78, 5) is 22.7. The fraction of sp³-hybridized carbons (Fsp3) is 0.818. The van der Waals surface area contributed by atoms with Crippen molar-refractivity contribution in [1.82, 2.24) is 5.32 Å². The average molecular weight is 295 g/mol. The van der Waals surface area contributed by atoms with Crippen LogP contribution in [-0.4, -0.2) is 48.2 Å². The highest BCUT2D eigenvalue weighted by atomic mass is 32.2. The normalized spacial score (nSPS) is 14.6. The molecule has 0 radical (unpaired) electrons. The predicted octanol–water partition coefficient (Wildman–Crippen LogP) is 0.787. The SMILES string of the molecule is CC(C)(C)OC(=O)N[C@H](C(=O)O)C(C)(C)S(C)(=O)=O. The van der Waals surface area contributed by atoms with E-state index in [4.69, 9.17) is 9.84 Å². The second-order valence-corrected chi connectivity index (χ2v) is 8.39. The Balaban J connectivity index is 5.19. The van der Waals surface area contributed by atoms with E-state index in [0.29, 0.717) is 0 Å². The summed E-state index contributed by atoms with van der Waals surface area (Å²) in [6.45, 7) is 7.31. The first-order chi connectivity index (χ1) is 8.18. The van der Waals surface area contributed by atoms with E-state index in [1.165, 1.54) is 13.8 Å². The standard InChI is InChI=1S/C11H21NO6S/c1-10(2,3)18-9(15)12-7(8(13)14)11(4,5)19(6,16)17/h7H,1-6H3,(H,12,15)(H,13,14)/t7-/m1/s1. The van der Waals surface area contributed by atoms with E-state index in [9.17, 15) is 18.0 Å². The minimum Gasteiger partial charge on any atom is -0.480 e. The van der Waals surface area contributed by atoms with Gasteiger partial charge in [0.1, 0.15) is 11.6 Å². The van der Waals surface area contributed by atoms with Crippen LogP contribution in [0.25, 0.3) is 0 Å². The van der Waals surface area contributed by atoms with Crippen LogP contribution in [0.1, 0.15) is 34.6 Å². The summed E-state index contributed by atoms with van der Waals surface area (Å²) in [5.74, 6) is -1.44. The lowest BCUT2D eigenvalue weighted by molar-refractivity contribution is -0.140. The van der Waals surface area contributed by atoms with E-state index in [1.54, 1.807) is 20.8 Å². The Morgan fingerprint density at radius 2 is 1.58 bits per heavy atom. The summed E-state index contributed by atoms with van der Waals surface area (Å²) in [7, 11) is -3.69. The Morgan fingerprint density at radius 1 is 1.16 bits per heavy atom. The van der Waals surface area contributed by atoms with Crippen molar-refractivity contribution in [2.45, 2.75) is 51.0 Å². The molecular weight excluding hydrogens is 274 g/mol. The number of ether oxygens (including phenoxy) is 1. The Hall–Kier alpha value is -1.31. The van der Waals surface area contributed by atoms with Gasteiger partial charge in [0.05, 0.1) is 4.75 Å². The number of carboxylic acid groups (broad SMARTS) is 1. The number of carbonyl (C=O) groups is 2. The molecule has 0 aromatic heterocycles. The molecule has 0 bridgehead atoms. The molecule has 0 unspecified atom stereocenters. The summed E-state index contributed by atoms with van der Waals surface area (Å²) in [5, 5.41) is 11.2. The molecule has 0 saturated heterocycles. The zero-order valence-corrected chi connectivity index (χ0v) is 12.8. The van der Waals surface area contributed by atoms with Crippen LogP contribution in [-0.2, 0) is 19.4 Å². The molecule has 7 nitrogen and oxygen atoms in total. The summed E-state index contributed by atoms with van der Waals surface area (Å²) in [6.07, 6.45) is -0.0590. The quantitative estimate of drug-likeness (QED) is 0.793. The van der Waals surface area contributed by atoms with Gasteiger partial charge in [-0.25, -0.2) is 18.0 Å². The number of rotatable bonds is 4. The van der Waals surface area contributed by atoms with Gasteiger partial charge in [-0.2, -0.15) is 0 Å².